The second-order valence-corrected chi connectivity index (χ2v) is 6.26. The van der Waals surface area contributed by atoms with Crippen LogP contribution in [0.2, 0.25) is 0 Å². The summed E-state index contributed by atoms with van der Waals surface area (Å²) in [5, 5.41) is -0.0624. The third-order valence-electron chi connectivity index (χ3n) is 3.37. The van der Waals surface area contributed by atoms with E-state index in [0.717, 1.165) is 11.3 Å². The number of carbonyl (C=O) groups is 1. The molecule has 3 heteroatoms. The first-order chi connectivity index (χ1) is 9.72. The lowest BCUT2D eigenvalue weighted by Gasteiger charge is -2.07. The van der Waals surface area contributed by atoms with Crippen LogP contribution in [0.3, 0.4) is 0 Å². The van der Waals surface area contributed by atoms with Gasteiger partial charge in [0.05, 0.1) is 0 Å². The number of hydrogen-bond donors (Lipinski definition) is 0. The van der Waals surface area contributed by atoms with Gasteiger partial charge in [-0.25, -0.2) is 0 Å². The molecule has 0 radical (unpaired) electrons. The summed E-state index contributed by atoms with van der Waals surface area (Å²) in [5.41, 5.74) is 2.40. The highest BCUT2D eigenvalue weighted by molar-refractivity contribution is 8.00. The van der Waals surface area contributed by atoms with Crippen molar-refractivity contribution in [1.82, 2.24) is 0 Å². The molecule has 102 valence electrons. The van der Waals surface area contributed by atoms with Crippen LogP contribution in [-0.2, 0) is 9.53 Å². The molecule has 0 aromatic heterocycles. The minimum atomic E-state index is -0.0883. The number of carbonyl (C=O) groups excluding carboxylic acids is 1. The molecule has 0 bridgehead atoms. The molecule has 1 saturated heterocycles. The summed E-state index contributed by atoms with van der Waals surface area (Å²) in [6, 6.07) is 18.6. The van der Waals surface area contributed by atoms with Crippen LogP contribution in [0.15, 0.2) is 59.5 Å². The molecule has 2 aromatic rings. The first-order valence-corrected chi connectivity index (χ1v) is 7.63. The van der Waals surface area contributed by atoms with Crippen LogP contribution in [-0.4, -0.2) is 17.3 Å². The average Bonchev–Trinajstić information content (AvgIpc) is 2.79. The molecule has 0 amide bonds. The topological polar surface area (TPSA) is 26.3 Å². The monoisotopic (exact) mass is 284 g/mol. The summed E-state index contributed by atoms with van der Waals surface area (Å²) < 4.78 is 5.18. The Balaban J connectivity index is 1.72. The maximum absolute atomic E-state index is 11.6. The highest BCUT2D eigenvalue weighted by Crippen LogP contribution is 2.33. The first-order valence-electron chi connectivity index (χ1n) is 6.75. The SMILES string of the molecule is CC1CC(Sc2ccc(-c3ccccc3)cc2)C(=O)O1. The first kappa shape index (κ1) is 13.3. The number of thioether (sulfide) groups is 1. The van der Waals surface area contributed by atoms with Gasteiger partial charge >= 0.3 is 5.97 Å². The molecule has 1 heterocycles. The van der Waals surface area contributed by atoms with Crippen molar-refractivity contribution < 1.29 is 9.53 Å². The van der Waals surface area contributed by atoms with Gasteiger partial charge < -0.3 is 4.74 Å². The minimum Gasteiger partial charge on any atom is -0.462 e. The number of cyclic esters (lactones) is 1. The standard InChI is InChI=1S/C17H16O2S/c1-12-11-16(17(18)19-12)20-15-9-7-14(8-10-15)13-5-3-2-4-6-13/h2-10,12,16H,11H2,1H3. The Labute approximate surface area is 123 Å². The van der Waals surface area contributed by atoms with Crippen LogP contribution in [0, 0.1) is 0 Å². The third-order valence-corrected chi connectivity index (χ3v) is 4.58. The number of esters is 1. The van der Waals surface area contributed by atoms with E-state index in [1.54, 1.807) is 11.8 Å². The molecule has 2 aromatic carbocycles. The van der Waals surface area contributed by atoms with Gasteiger partial charge in [0, 0.05) is 11.3 Å². The van der Waals surface area contributed by atoms with Crippen LogP contribution in [0.5, 0.6) is 0 Å². The van der Waals surface area contributed by atoms with E-state index in [9.17, 15) is 4.79 Å². The lowest BCUT2D eigenvalue weighted by molar-refractivity contribution is -0.140. The number of ether oxygens (including phenoxy) is 1. The number of hydrogen-bond acceptors (Lipinski definition) is 3. The summed E-state index contributed by atoms with van der Waals surface area (Å²) in [6.07, 6.45) is 0.841. The van der Waals surface area contributed by atoms with Crippen LogP contribution in [0.4, 0.5) is 0 Å². The zero-order valence-corrected chi connectivity index (χ0v) is 12.1. The van der Waals surface area contributed by atoms with Gasteiger partial charge in [-0.1, -0.05) is 42.5 Å². The Morgan fingerprint density at radius 2 is 1.65 bits per heavy atom. The minimum absolute atomic E-state index is 0.0450. The normalized spacial score (nSPS) is 21.8. The Hall–Kier alpha value is -1.74. The molecule has 3 rings (SSSR count). The van der Waals surface area contributed by atoms with Gasteiger partial charge in [0.25, 0.3) is 0 Å². The van der Waals surface area contributed by atoms with Crippen LogP contribution in [0.25, 0.3) is 11.1 Å². The molecule has 1 aliphatic heterocycles. The quantitative estimate of drug-likeness (QED) is 0.792. The lowest BCUT2D eigenvalue weighted by Crippen LogP contribution is -2.08. The molecule has 2 unspecified atom stereocenters. The molecule has 20 heavy (non-hydrogen) atoms. The Kier molecular flexibility index (Phi) is 3.79. The summed E-state index contributed by atoms with van der Waals surface area (Å²) in [7, 11) is 0. The number of rotatable bonds is 3. The van der Waals surface area contributed by atoms with Crippen LogP contribution in [0.1, 0.15) is 13.3 Å². The van der Waals surface area contributed by atoms with Crippen LogP contribution >= 0.6 is 11.8 Å². The van der Waals surface area contributed by atoms with Gasteiger partial charge in [0.15, 0.2) is 0 Å². The van der Waals surface area contributed by atoms with E-state index in [0.29, 0.717) is 0 Å². The highest BCUT2D eigenvalue weighted by atomic mass is 32.2. The third kappa shape index (κ3) is 2.88. The zero-order valence-electron chi connectivity index (χ0n) is 11.3. The number of benzene rings is 2. The summed E-state index contributed by atoms with van der Waals surface area (Å²) in [5.74, 6) is -0.0883. The van der Waals surface area contributed by atoms with E-state index >= 15 is 0 Å². The van der Waals surface area contributed by atoms with Crippen molar-refractivity contribution in [3.8, 4) is 11.1 Å². The molecule has 1 aliphatic rings. The molecule has 2 atom stereocenters. The van der Waals surface area contributed by atoms with E-state index < -0.39 is 0 Å². The van der Waals surface area contributed by atoms with E-state index in [2.05, 4.69) is 36.4 Å². The molecular weight excluding hydrogens is 268 g/mol. The van der Waals surface area contributed by atoms with Gasteiger partial charge in [0.1, 0.15) is 11.4 Å². The summed E-state index contributed by atoms with van der Waals surface area (Å²) in [6.45, 7) is 1.94. The predicted molar refractivity (Wildman–Crippen MR) is 81.7 cm³/mol. The van der Waals surface area contributed by atoms with Gasteiger partial charge in [-0.15, -0.1) is 11.8 Å². The van der Waals surface area contributed by atoms with Gasteiger partial charge in [0.2, 0.25) is 0 Å². The average molecular weight is 284 g/mol. The Bertz CT molecular complexity index is 592. The summed E-state index contributed by atoms with van der Waals surface area (Å²) in [4.78, 5) is 12.7. The van der Waals surface area contributed by atoms with E-state index in [-0.39, 0.29) is 17.3 Å². The zero-order chi connectivity index (χ0) is 13.9. The van der Waals surface area contributed by atoms with Crippen molar-refractivity contribution >= 4 is 17.7 Å². The van der Waals surface area contributed by atoms with Crippen molar-refractivity contribution in [3.63, 3.8) is 0 Å². The highest BCUT2D eigenvalue weighted by Gasteiger charge is 2.32. The van der Waals surface area contributed by atoms with Crippen molar-refractivity contribution in [2.45, 2.75) is 29.6 Å². The fourth-order valence-corrected chi connectivity index (χ4v) is 3.48. The van der Waals surface area contributed by atoms with Crippen molar-refractivity contribution in [1.29, 1.82) is 0 Å². The van der Waals surface area contributed by atoms with E-state index in [4.69, 9.17) is 4.74 Å². The maximum atomic E-state index is 11.6. The van der Waals surface area contributed by atoms with E-state index in [1.165, 1.54) is 11.1 Å². The van der Waals surface area contributed by atoms with Crippen LogP contribution < -0.4 is 0 Å². The molecule has 0 saturated carbocycles. The Morgan fingerprint density at radius 1 is 1.00 bits per heavy atom. The predicted octanol–water partition coefficient (Wildman–Crippen LogP) is 4.15. The van der Waals surface area contributed by atoms with Crippen molar-refractivity contribution in [2.75, 3.05) is 0 Å². The second-order valence-electron chi connectivity index (χ2n) is 4.98. The van der Waals surface area contributed by atoms with Crippen molar-refractivity contribution in [2.24, 2.45) is 0 Å². The van der Waals surface area contributed by atoms with Gasteiger partial charge in [-0.2, -0.15) is 0 Å². The molecular formula is C17H16O2S. The van der Waals surface area contributed by atoms with E-state index in [1.807, 2.05) is 25.1 Å². The summed E-state index contributed by atoms with van der Waals surface area (Å²) >= 11 is 1.59. The lowest BCUT2D eigenvalue weighted by atomic mass is 10.1. The molecule has 0 N–H and O–H groups in total. The van der Waals surface area contributed by atoms with Gasteiger partial charge in [-0.05, 0) is 30.2 Å². The molecule has 2 nitrogen and oxygen atoms in total. The Morgan fingerprint density at radius 3 is 2.25 bits per heavy atom. The fourth-order valence-electron chi connectivity index (χ4n) is 2.34. The largest absolute Gasteiger partial charge is 0.462 e. The molecule has 0 spiro atoms. The molecule has 0 aliphatic carbocycles. The molecule has 1 fully saturated rings. The second kappa shape index (κ2) is 5.71. The van der Waals surface area contributed by atoms with Crippen molar-refractivity contribution in [3.05, 3.63) is 54.6 Å². The van der Waals surface area contributed by atoms with Gasteiger partial charge in [-0.3, -0.25) is 4.79 Å². The smallest absolute Gasteiger partial charge is 0.319 e. The fraction of sp³-hybridized carbons (Fsp3) is 0.235. The maximum Gasteiger partial charge on any atom is 0.319 e.